The molecule has 1 unspecified atom stereocenters. The van der Waals surface area contributed by atoms with E-state index in [-0.39, 0.29) is 29.4 Å². The number of esters is 1. The Balaban J connectivity index is 1.83. The van der Waals surface area contributed by atoms with Crippen LogP contribution in [0.25, 0.3) is 0 Å². The Morgan fingerprint density at radius 3 is 2.58 bits per heavy atom. The molecule has 0 aromatic carbocycles. The first kappa shape index (κ1) is 18.4. The molecule has 0 bridgehead atoms. The summed E-state index contributed by atoms with van der Waals surface area (Å²) in [5, 5.41) is 11.3. The van der Waals surface area contributed by atoms with Crippen LogP contribution in [-0.2, 0) is 19.1 Å². The molecule has 1 spiro atoms. The second-order valence-electron chi connectivity index (χ2n) is 9.88. The van der Waals surface area contributed by atoms with Crippen molar-refractivity contribution in [3.8, 4) is 0 Å². The second-order valence-corrected chi connectivity index (χ2v) is 9.88. The molecule has 3 aliphatic carbocycles. The molecule has 1 N–H and O–H groups in total. The Kier molecular flexibility index (Phi) is 3.77. The number of Topliss-reactive ketones (excluding diaryl/α,β-unsaturated/α-hetero) is 1. The van der Waals surface area contributed by atoms with Gasteiger partial charge in [0.2, 0.25) is 0 Å². The second kappa shape index (κ2) is 5.32. The first-order valence-corrected chi connectivity index (χ1v) is 10.1. The minimum atomic E-state index is -0.879. The van der Waals surface area contributed by atoms with E-state index in [0.717, 1.165) is 25.7 Å². The third-order valence-electron chi connectivity index (χ3n) is 8.83. The Morgan fingerprint density at radius 2 is 1.96 bits per heavy atom. The van der Waals surface area contributed by atoms with Crippen LogP contribution in [-0.4, -0.2) is 41.8 Å². The number of epoxide rings is 1. The Labute approximate surface area is 155 Å². The lowest BCUT2D eigenvalue weighted by Gasteiger charge is -2.54. The third kappa shape index (κ3) is 1.80. The number of methoxy groups -OCH3 is 1. The normalized spacial score (nSPS) is 52.7. The summed E-state index contributed by atoms with van der Waals surface area (Å²) in [5.41, 5.74) is -2.26. The molecule has 1 aliphatic heterocycles. The van der Waals surface area contributed by atoms with Gasteiger partial charge in [-0.1, -0.05) is 27.2 Å². The monoisotopic (exact) mass is 364 g/mol. The maximum Gasteiger partial charge on any atom is 0.311 e. The van der Waals surface area contributed by atoms with E-state index >= 15 is 0 Å². The molecule has 0 radical (unpaired) electrons. The molecule has 4 rings (SSSR count). The van der Waals surface area contributed by atoms with Crippen LogP contribution in [0.5, 0.6) is 0 Å². The van der Waals surface area contributed by atoms with Gasteiger partial charge in [-0.15, -0.1) is 0 Å². The molecular formula is C21H32O5. The molecule has 4 fully saturated rings. The molecule has 1 saturated heterocycles. The number of ketones is 1. The van der Waals surface area contributed by atoms with Gasteiger partial charge < -0.3 is 14.6 Å². The van der Waals surface area contributed by atoms with Gasteiger partial charge in [0.25, 0.3) is 0 Å². The summed E-state index contributed by atoms with van der Waals surface area (Å²) in [4.78, 5) is 26.1. The number of fused-ring (bicyclic) bond motifs is 4. The van der Waals surface area contributed by atoms with Crippen molar-refractivity contribution in [1.82, 2.24) is 0 Å². The SMILES string of the molecule is COC(=O)[C@]1(C)CCC[C@]2(C)C1C[C@@H](O)[C@]21C(=O)CC[C@]2(C(C)C)O[C@H]12. The van der Waals surface area contributed by atoms with Crippen LogP contribution in [0.3, 0.4) is 0 Å². The molecule has 0 aromatic heterocycles. The largest absolute Gasteiger partial charge is 0.469 e. The van der Waals surface area contributed by atoms with Gasteiger partial charge >= 0.3 is 5.97 Å². The zero-order valence-corrected chi connectivity index (χ0v) is 16.6. The van der Waals surface area contributed by atoms with Crippen molar-refractivity contribution in [2.75, 3.05) is 7.11 Å². The van der Waals surface area contributed by atoms with Crippen molar-refractivity contribution >= 4 is 11.8 Å². The number of hydrogen-bond donors (Lipinski definition) is 1. The number of ether oxygens (including phenoxy) is 2. The van der Waals surface area contributed by atoms with Gasteiger partial charge in [0, 0.05) is 6.42 Å². The van der Waals surface area contributed by atoms with Crippen molar-refractivity contribution < 1.29 is 24.2 Å². The predicted molar refractivity (Wildman–Crippen MR) is 95.3 cm³/mol. The van der Waals surface area contributed by atoms with Gasteiger partial charge in [0.15, 0.2) is 0 Å². The Morgan fingerprint density at radius 1 is 1.27 bits per heavy atom. The van der Waals surface area contributed by atoms with Crippen molar-refractivity contribution in [1.29, 1.82) is 0 Å². The molecule has 4 aliphatic rings. The van der Waals surface area contributed by atoms with Gasteiger partial charge in [0.05, 0.1) is 29.6 Å². The molecule has 5 heteroatoms. The van der Waals surface area contributed by atoms with E-state index in [2.05, 4.69) is 20.8 Å². The van der Waals surface area contributed by atoms with Crippen molar-refractivity contribution in [3.05, 3.63) is 0 Å². The summed E-state index contributed by atoms with van der Waals surface area (Å²) >= 11 is 0. The predicted octanol–water partition coefficient (Wildman–Crippen LogP) is 2.88. The fourth-order valence-corrected chi connectivity index (χ4v) is 7.38. The topological polar surface area (TPSA) is 76.1 Å². The molecule has 5 nitrogen and oxygen atoms in total. The van der Waals surface area contributed by atoms with Gasteiger partial charge in [0.1, 0.15) is 11.9 Å². The van der Waals surface area contributed by atoms with E-state index in [1.54, 1.807) is 0 Å². The minimum Gasteiger partial charge on any atom is -0.469 e. The quantitative estimate of drug-likeness (QED) is 0.602. The number of hydrogen-bond acceptors (Lipinski definition) is 5. The average molecular weight is 364 g/mol. The van der Waals surface area contributed by atoms with Crippen LogP contribution < -0.4 is 0 Å². The maximum atomic E-state index is 13.4. The summed E-state index contributed by atoms with van der Waals surface area (Å²) < 4.78 is 11.4. The van der Waals surface area contributed by atoms with Gasteiger partial charge in [-0.05, 0) is 49.9 Å². The Hall–Kier alpha value is -0.940. The fourth-order valence-electron chi connectivity index (χ4n) is 7.38. The van der Waals surface area contributed by atoms with Crippen LogP contribution >= 0.6 is 0 Å². The molecule has 0 amide bonds. The van der Waals surface area contributed by atoms with Crippen LogP contribution in [0, 0.1) is 28.1 Å². The molecule has 7 atom stereocenters. The molecule has 1 heterocycles. The number of carbonyl (C=O) groups is 2. The Bertz CT molecular complexity index is 659. The smallest absolute Gasteiger partial charge is 0.311 e. The summed E-state index contributed by atoms with van der Waals surface area (Å²) in [6.45, 7) is 8.38. The lowest BCUT2D eigenvalue weighted by Crippen LogP contribution is -2.61. The third-order valence-corrected chi connectivity index (χ3v) is 8.83. The fraction of sp³-hybridized carbons (Fsp3) is 0.905. The van der Waals surface area contributed by atoms with E-state index in [0.29, 0.717) is 18.8 Å². The number of aliphatic hydroxyl groups excluding tert-OH is 1. The molecule has 0 aromatic rings. The number of rotatable bonds is 2. The van der Waals surface area contributed by atoms with Gasteiger partial charge in [-0.25, -0.2) is 0 Å². The molecule has 26 heavy (non-hydrogen) atoms. The van der Waals surface area contributed by atoms with Gasteiger partial charge in [-0.2, -0.15) is 0 Å². The molecule has 146 valence electrons. The van der Waals surface area contributed by atoms with Crippen LogP contribution in [0.15, 0.2) is 0 Å². The molecular weight excluding hydrogens is 332 g/mol. The van der Waals surface area contributed by atoms with Gasteiger partial charge in [-0.3, -0.25) is 9.59 Å². The lowest BCUT2D eigenvalue weighted by atomic mass is 9.47. The van der Waals surface area contributed by atoms with E-state index in [9.17, 15) is 14.7 Å². The van der Waals surface area contributed by atoms with Crippen molar-refractivity contribution in [3.63, 3.8) is 0 Å². The maximum absolute atomic E-state index is 13.4. The van der Waals surface area contributed by atoms with Crippen LogP contribution in [0.4, 0.5) is 0 Å². The highest BCUT2D eigenvalue weighted by atomic mass is 16.6. The summed E-state index contributed by atoms with van der Waals surface area (Å²) in [7, 11) is 1.43. The number of aliphatic hydroxyl groups is 1. The highest BCUT2D eigenvalue weighted by Gasteiger charge is 2.82. The molecule has 3 saturated carbocycles. The minimum absolute atomic E-state index is 0.0673. The van der Waals surface area contributed by atoms with Crippen molar-refractivity contribution in [2.45, 2.75) is 84.0 Å². The first-order valence-electron chi connectivity index (χ1n) is 10.1. The summed E-state index contributed by atoms with van der Waals surface area (Å²) in [6, 6.07) is 0. The first-order chi connectivity index (χ1) is 12.1. The highest BCUT2D eigenvalue weighted by Crippen LogP contribution is 2.75. The standard InChI is InChI=1S/C21H32O5/c1-12(2)20-10-7-14(22)21(16(20)26-20)15(23)11-13-18(3,17(24)25-5)8-6-9-19(13,21)4/h12-13,15-16,23H,6-11H2,1-5H3/t13?,15-,16+,18-,19-,20-,21+/m1/s1. The average Bonchev–Trinajstić information content (AvgIpc) is 3.28. The zero-order chi connectivity index (χ0) is 19.1. The zero-order valence-electron chi connectivity index (χ0n) is 16.6. The van der Waals surface area contributed by atoms with Crippen molar-refractivity contribution in [2.24, 2.45) is 28.1 Å². The van der Waals surface area contributed by atoms with Crippen LogP contribution in [0.2, 0.25) is 0 Å². The highest BCUT2D eigenvalue weighted by molar-refractivity contribution is 5.90. The van der Waals surface area contributed by atoms with E-state index < -0.39 is 22.3 Å². The van der Waals surface area contributed by atoms with E-state index in [4.69, 9.17) is 9.47 Å². The van der Waals surface area contributed by atoms with E-state index in [1.807, 2.05) is 6.92 Å². The lowest BCUT2D eigenvalue weighted by molar-refractivity contribution is -0.171. The van der Waals surface area contributed by atoms with E-state index in [1.165, 1.54) is 7.11 Å². The number of carbonyl (C=O) groups excluding carboxylic acids is 2. The van der Waals surface area contributed by atoms with Crippen LogP contribution in [0.1, 0.15) is 66.2 Å². The summed E-state index contributed by atoms with van der Waals surface area (Å²) in [6.07, 6.45) is 3.17. The summed E-state index contributed by atoms with van der Waals surface area (Å²) in [5.74, 6) is 0.167.